The molecule has 0 saturated carbocycles. The van der Waals surface area contributed by atoms with Crippen LogP contribution < -0.4 is 0 Å². The number of carboxylic acids is 1. The van der Waals surface area contributed by atoms with Crippen LogP contribution in [-0.4, -0.2) is 40.8 Å². The van der Waals surface area contributed by atoms with Crippen LogP contribution in [0.4, 0.5) is 0 Å². The van der Waals surface area contributed by atoms with Crippen LogP contribution in [0, 0.1) is 12.8 Å². The zero-order chi connectivity index (χ0) is 15.9. The van der Waals surface area contributed by atoms with Gasteiger partial charge in [0.2, 0.25) is 0 Å². The predicted octanol–water partition coefficient (Wildman–Crippen LogP) is 2.04. The summed E-state index contributed by atoms with van der Waals surface area (Å²) in [6, 6.07) is 0. The molecule has 0 radical (unpaired) electrons. The molecule has 3 rings (SSSR count). The number of piperidine rings is 1. The molecule has 2 heterocycles. The highest BCUT2D eigenvalue weighted by Crippen LogP contribution is 2.30. The quantitative estimate of drug-likeness (QED) is 0.903. The van der Waals surface area contributed by atoms with E-state index in [0.717, 1.165) is 6.42 Å². The Morgan fingerprint density at radius 1 is 1.27 bits per heavy atom. The molecule has 1 N–H and O–H groups in total. The van der Waals surface area contributed by atoms with Gasteiger partial charge in [-0.05, 0) is 26.2 Å². The minimum Gasteiger partial charge on any atom is -0.481 e. The summed E-state index contributed by atoms with van der Waals surface area (Å²) in [4.78, 5) is 37.3. The lowest BCUT2D eigenvalue weighted by Gasteiger charge is -2.30. The van der Waals surface area contributed by atoms with Gasteiger partial charge in [0.25, 0.3) is 5.91 Å². The van der Waals surface area contributed by atoms with Crippen molar-refractivity contribution in [1.29, 1.82) is 0 Å². The van der Waals surface area contributed by atoms with Crippen LogP contribution in [0.3, 0.4) is 0 Å². The third-order valence-corrected chi connectivity index (χ3v) is 4.56. The Balaban J connectivity index is 1.86. The molecule has 1 aliphatic carbocycles. The van der Waals surface area contributed by atoms with Crippen LogP contribution in [0.1, 0.15) is 57.9 Å². The fraction of sp³-hybridized carbons (Fsp3) is 0.562. The van der Waals surface area contributed by atoms with Gasteiger partial charge in [-0.1, -0.05) is 0 Å². The lowest BCUT2D eigenvalue weighted by atomic mass is 9.93. The minimum absolute atomic E-state index is 0.0311. The topological polar surface area (TPSA) is 87.8 Å². The first kappa shape index (κ1) is 14.8. The second-order valence-corrected chi connectivity index (χ2v) is 6.06. The Morgan fingerprint density at radius 3 is 2.73 bits per heavy atom. The number of fused-ring (bicyclic) bond motifs is 1. The minimum atomic E-state index is -0.872. The van der Waals surface area contributed by atoms with Gasteiger partial charge in [0.1, 0.15) is 5.76 Å². The standard InChI is InChI=1S/C16H19NO5/c1-9-13-11(18)5-2-6-12(13)22-14(9)15(19)17-7-3-4-10(8-17)16(20)21/h10H,2-8H2,1H3,(H,20,21)/t10-/m0/s1. The van der Waals surface area contributed by atoms with Gasteiger partial charge in [-0.3, -0.25) is 14.4 Å². The fourth-order valence-electron chi connectivity index (χ4n) is 3.36. The second kappa shape index (κ2) is 5.59. The Labute approximate surface area is 128 Å². The summed E-state index contributed by atoms with van der Waals surface area (Å²) in [6.07, 6.45) is 3.17. The normalized spacial score (nSPS) is 21.6. The summed E-state index contributed by atoms with van der Waals surface area (Å²) < 4.78 is 5.66. The molecule has 1 amide bonds. The van der Waals surface area contributed by atoms with Crippen LogP contribution >= 0.6 is 0 Å². The maximum Gasteiger partial charge on any atom is 0.308 e. The fourth-order valence-corrected chi connectivity index (χ4v) is 3.36. The highest BCUT2D eigenvalue weighted by Gasteiger charge is 2.34. The molecular formula is C16H19NO5. The van der Waals surface area contributed by atoms with E-state index in [2.05, 4.69) is 0 Å². The number of nitrogens with zero attached hydrogens (tertiary/aromatic N) is 1. The lowest BCUT2D eigenvalue weighted by Crippen LogP contribution is -2.42. The van der Waals surface area contributed by atoms with E-state index in [1.807, 2.05) is 0 Å². The largest absolute Gasteiger partial charge is 0.481 e. The number of carbonyl (C=O) groups excluding carboxylic acids is 2. The first-order chi connectivity index (χ1) is 10.5. The summed E-state index contributed by atoms with van der Waals surface area (Å²) in [6.45, 7) is 2.46. The molecule has 0 spiro atoms. The number of carboxylic acid groups (broad SMARTS) is 1. The molecule has 0 aromatic carbocycles. The Bertz CT molecular complexity index is 645. The van der Waals surface area contributed by atoms with Gasteiger partial charge in [-0.2, -0.15) is 0 Å². The van der Waals surface area contributed by atoms with Gasteiger partial charge in [-0.15, -0.1) is 0 Å². The van der Waals surface area contributed by atoms with Crippen molar-refractivity contribution in [3.05, 3.63) is 22.6 Å². The number of amides is 1. The predicted molar refractivity (Wildman–Crippen MR) is 77.0 cm³/mol. The first-order valence-corrected chi connectivity index (χ1v) is 7.66. The summed E-state index contributed by atoms with van der Waals surface area (Å²) >= 11 is 0. The summed E-state index contributed by atoms with van der Waals surface area (Å²) in [7, 11) is 0. The molecule has 118 valence electrons. The highest BCUT2D eigenvalue weighted by atomic mass is 16.4. The van der Waals surface area contributed by atoms with Crippen LogP contribution in [-0.2, 0) is 11.2 Å². The van der Waals surface area contributed by atoms with Gasteiger partial charge in [-0.25, -0.2) is 0 Å². The molecule has 1 atom stereocenters. The van der Waals surface area contributed by atoms with Crippen LogP contribution in [0.5, 0.6) is 0 Å². The van der Waals surface area contributed by atoms with Crippen LogP contribution in [0.2, 0.25) is 0 Å². The van der Waals surface area contributed by atoms with Crippen molar-refractivity contribution in [2.24, 2.45) is 5.92 Å². The van der Waals surface area contributed by atoms with Crippen molar-refractivity contribution in [3.8, 4) is 0 Å². The third-order valence-electron chi connectivity index (χ3n) is 4.56. The lowest BCUT2D eigenvalue weighted by molar-refractivity contribution is -0.143. The second-order valence-electron chi connectivity index (χ2n) is 6.06. The monoisotopic (exact) mass is 305 g/mol. The zero-order valence-corrected chi connectivity index (χ0v) is 12.6. The van der Waals surface area contributed by atoms with E-state index < -0.39 is 11.9 Å². The van der Waals surface area contributed by atoms with E-state index in [4.69, 9.17) is 9.52 Å². The molecule has 6 heteroatoms. The van der Waals surface area contributed by atoms with E-state index in [9.17, 15) is 14.4 Å². The molecule has 1 fully saturated rings. The number of hydrogen-bond acceptors (Lipinski definition) is 4. The Kier molecular flexibility index (Phi) is 3.76. The number of likely N-dealkylation sites (tertiary alicyclic amines) is 1. The molecule has 1 aromatic heterocycles. The van der Waals surface area contributed by atoms with Crippen molar-refractivity contribution in [2.45, 2.75) is 39.0 Å². The number of aliphatic carboxylic acids is 1. The average Bonchev–Trinajstić information content (AvgIpc) is 2.85. The maximum absolute atomic E-state index is 12.6. The van der Waals surface area contributed by atoms with Gasteiger partial charge in [0.05, 0.1) is 11.5 Å². The summed E-state index contributed by atoms with van der Waals surface area (Å²) in [5.41, 5.74) is 1.16. The Morgan fingerprint density at radius 2 is 2.05 bits per heavy atom. The third kappa shape index (κ3) is 2.42. The van der Waals surface area contributed by atoms with E-state index in [-0.39, 0.29) is 24.0 Å². The molecule has 22 heavy (non-hydrogen) atoms. The molecule has 0 unspecified atom stereocenters. The van der Waals surface area contributed by atoms with Gasteiger partial charge < -0.3 is 14.4 Å². The number of carbonyl (C=O) groups is 3. The van der Waals surface area contributed by atoms with Gasteiger partial charge >= 0.3 is 5.97 Å². The van der Waals surface area contributed by atoms with Crippen molar-refractivity contribution >= 4 is 17.7 Å². The molecule has 0 bridgehead atoms. The molecule has 2 aliphatic rings. The number of aryl methyl sites for hydroxylation is 1. The van der Waals surface area contributed by atoms with Crippen molar-refractivity contribution in [1.82, 2.24) is 4.90 Å². The summed E-state index contributed by atoms with van der Waals surface area (Å²) in [5, 5.41) is 9.12. The SMILES string of the molecule is Cc1c(C(=O)N2CCC[C@H](C(=O)O)C2)oc2c1C(=O)CCC2. The number of rotatable bonds is 2. The van der Waals surface area contributed by atoms with E-state index in [1.165, 1.54) is 4.90 Å². The van der Waals surface area contributed by atoms with Crippen LogP contribution in [0.25, 0.3) is 0 Å². The first-order valence-electron chi connectivity index (χ1n) is 7.66. The number of Topliss-reactive ketones (excluding diaryl/α,β-unsaturated/α-hetero) is 1. The zero-order valence-electron chi connectivity index (χ0n) is 12.6. The molecular weight excluding hydrogens is 286 g/mol. The average molecular weight is 305 g/mol. The number of ketones is 1. The van der Waals surface area contributed by atoms with Gasteiger partial charge in [0.15, 0.2) is 11.5 Å². The smallest absolute Gasteiger partial charge is 0.308 e. The van der Waals surface area contributed by atoms with Crippen molar-refractivity contribution in [3.63, 3.8) is 0 Å². The van der Waals surface area contributed by atoms with Gasteiger partial charge in [0, 0.05) is 31.5 Å². The van der Waals surface area contributed by atoms with E-state index in [0.29, 0.717) is 49.1 Å². The molecule has 1 aliphatic heterocycles. The molecule has 1 aromatic rings. The molecule has 1 saturated heterocycles. The van der Waals surface area contributed by atoms with Crippen LogP contribution in [0.15, 0.2) is 4.42 Å². The van der Waals surface area contributed by atoms with Crippen molar-refractivity contribution in [2.75, 3.05) is 13.1 Å². The maximum atomic E-state index is 12.6. The van der Waals surface area contributed by atoms with E-state index >= 15 is 0 Å². The number of hydrogen-bond donors (Lipinski definition) is 1. The highest BCUT2D eigenvalue weighted by molar-refractivity contribution is 6.03. The van der Waals surface area contributed by atoms with E-state index in [1.54, 1.807) is 6.92 Å². The molecule has 6 nitrogen and oxygen atoms in total. The summed E-state index contributed by atoms with van der Waals surface area (Å²) in [5.74, 6) is -0.864. The Hall–Kier alpha value is -2.11. The van der Waals surface area contributed by atoms with Crippen molar-refractivity contribution < 1.29 is 23.9 Å². The number of furan rings is 1.